The largest absolute Gasteiger partial charge is 0.485 e. The van der Waals surface area contributed by atoms with Crippen molar-refractivity contribution < 1.29 is 19.2 Å². The van der Waals surface area contributed by atoms with E-state index in [1.165, 1.54) is 24.3 Å². The van der Waals surface area contributed by atoms with Crippen LogP contribution in [0.4, 0.5) is 11.4 Å². The second-order valence-electron chi connectivity index (χ2n) is 6.36. The number of Topliss-reactive ketones (excluding diaryl/α,β-unsaturated/α-hetero) is 1. The van der Waals surface area contributed by atoms with E-state index in [0.29, 0.717) is 17.0 Å². The Hall–Kier alpha value is -4.00. The van der Waals surface area contributed by atoms with Gasteiger partial charge in [0.2, 0.25) is 0 Å². The Labute approximate surface area is 167 Å². The quantitative estimate of drug-likeness (QED) is 0.366. The van der Waals surface area contributed by atoms with E-state index < -0.39 is 10.8 Å². The molecule has 7 heteroatoms. The van der Waals surface area contributed by atoms with Crippen LogP contribution in [-0.4, -0.2) is 23.2 Å². The van der Waals surface area contributed by atoms with Crippen molar-refractivity contribution in [1.29, 1.82) is 0 Å². The molecule has 146 valence electrons. The summed E-state index contributed by atoms with van der Waals surface area (Å²) in [4.78, 5) is 34.7. The van der Waals surface area contributed by atoms with Crippen molar-refractivity contribution in [3.05, 3.63) is 99.6 Å². The van der Waals surface area contributed by atoms with Crippen molar-refractivity contribution >= 4 is 23.1 Å². The van der Waals surface area contributed by atoms with Gasteiger partial charge in [0, 0.05) is 35.0 Å². The Morgan fingerprint density at radius 1 is 0.966 bits per heavy atom. The molecule has 0 atom stereocenters. The van der Waals surface area contributed by atoms with Crippen LogP contribution in [0.1, 0.15) is 26.3 Å². The number of rotatable bonds is 7. The number of nitro benzene ring substituents is 1. The third-order valence-corrected chi connectivity index (χ3v) is 4.18. The average Bonchev–Trinajstić information content (AvgIpc) is 2.73. The predicted molar refractivity (Wildman–Crippen MR) is 108 cm³/mol. The number of nitro groups is 1. The molecule has 3 aromatic rings. The van der Waals surface area contributed by atoms with E-state index >= 15 is 0 Å². The Bertz CT molecular complexity index is 1040. The van der Waals surface area contributed by atoms with E-state index in [1.54, 1.807) is 36.4 Å². The molecule has 0 aliphatic carbocycles. The Balaban J connectivity index is 1.61. The zero-order valence-corrected chi connectivity index (χ0v) is 15.6. The fourth-order valence-corrected chi connectivity index (χ4v) is 2.57. The van der Waals surface area contributed by atoms with Crippen molar-refractivity contribution in [2.45, 2.75) is 6.92 Å². The highest BCUT2D eigenvalue weighted by Gasteiger charge is 2.11. The molecule has 0 fully saturated rings. The van der Waals surface area contributed by atoms with Crippen LogP contribution in [0, 0.1) is 17.0 Å². The maximum absolute atomic E-state index is 12.3. The highest BCUT2D eigenvalue weighted by Crippen LogP contribution is 2.19. The van der Waals surface area contributed by atoms with Crippen LogP contribution in [0.25, 0.3) is 0 Å². The van der Waals surface area contributed by atoms with E-state index in [2.05, 4.69) is 5.32 Å². The number of hydrogen-bond donors (Lipinski definition) is 1. The third kappa shape index (κ3) is 5.26. The molecule has 0 heterocycles. The van der Waals surface area contributed by atoms with Gasteiger partial charge in [-0.2, -0.15) is 0 Å². The van der Waals surface area contributed by atoms with Gasteiger partial charge in [-0.15, -0.1) is 0 Å². The summed E-state index contributed by atoms with van der Waals surface area (Å²) < 4.78 is 5.55. The van der Waals surface area contributed by atoms with Crippen LogP contribution in [-0.2, 0) is 0 Å². The van der Waals surface area contributed by atoms with Crippen molar-refractivity contribution in [2.24, 2.45) is 0 Å². The SMILES string of the molecule is Cc1ccc(C(=O)COc2cccc(NC(=O)c3ccc([N+](=O)[O-])cc3)c2)cc1. The molecular formula is C22H18N2O5. The predicted octanol–water partition coefficient (Wildman–Crippen LogP) is 4.42. The van der Waals surface area contributed by atoms with Gasteiger partial charge in [0.05, 0.1) is 4.92 Å². The summed E-state index contributed by atoms with van der Waals surface area (Å²) in [5.41, 5.74) is 2.32. The van der Waals surface area contributed by atoms with E-state index in [-0.39, 0.29) is 23.6 Å². The maximum atomic E-state index is 12.3. The third-order valence-electron chi connectivity index (χ3n) is 4.18. The van der Waals surface area contributed by atoms with Gasteiger partial charge in [0.25, 0.3) is 11.6 Å². The molecule has 7 nitrogen and oxygen atoms in total. The zero-order valence-electron chi connectivity index (χ0n) is 15.6. The number of nitrogens with zero attached hydrogens (tertiary/aromatic N) is 1. The first-order valence-electron chi connectivity index (χ1n) is 8.81. The summed E-state index contributed by atoms with van der Waals surface area (Å²) >= 11 is 0. The van der Waals surface area contributed by atoms with Crippen LogP contribution < -0.4 is 10.1 Å². The van der Waals surface area contributed by atoms with Crippen LogP contribution in [0.3, 0.4) is 0 Å². The van der Waals surface area contributed by atoms with Crippen LogP contribution in [0.5, 0.6) is 5.75 Å². The number of amides is 1. The lowest BCUT2D eigenvalue weighted by molar-refractivity contribution is -0.384. The highest BCUT2D eigenvalue weighted by molar-refractivity contribution is 6.04. The fourth-order valence-electron chi connectivity index (χ4n) is 2.57. The number of carbonyl (C=O) groups is 2. The number of nitrogens with one attached hydrogen (secondary N) is 1. The Morgan fingerprint density at radius 3 is 2.28 bits per heavy atom. The van der Waals surface area contributed by atoms with Gasteiger partial charge in [0.15, 0.2) is 12.4 Å². The van der Waals surface area contributed by atoms with E-state index in [4.69, 9.17) is 4.74 Å². The number of aryl methyl sites for hydroxylation is 1. The van der Waals surface area contributed by atoms with E-state index in [9.17, 15) is 19.7 Å². The molecule has 3 rings (SSSR count). The van der Waals surface area contributed by atoms with Gasteiger partial charge in [-0.1, -0.05) is 35.9 Å². The minimum absolute atomic E-state index is 0.0878. The standard InChI is InChI=1S/C22H18N2O5/c1-15-5-7-16(8-6-15)21(25)14-29-20-4-2-3-18(13-20)23-22(26)17-9-11-19(12-10-17)24(27)28/h2-13H,14H2,1H3,(H,23,26). The topological polar surface area (TPSA) is 98.5 Å². The molecule has 0 bridgehead atoms. The van der Waals surface area contributed by atoms with Crippen LogP contribution in [0.2, 0.25) is 0 Å². The normalized spacial score (nSPS) is 10.2. The van der Waals surface area contributed by atoms with Crippen molar-refractivity contribution in [1.82, 2.24) is 0 Å². The second-order valence-corrected chi connectivity index (χ2v) is 6.36. The number of benzene rings is 3. The van der Waals surface area contributed by atoms with Gasteiger partial charge in [0.1, 0.15) is 5.75 Å². The van der Waals surface area contributed by atoms with Gasteiger partial charge in [-0.05, 0) is 31.2 Å². The van der Waals surface area contributed by atoms with Gasteiger partial charge in [-0.3, -0.25) is 19.7 Å². The summed E-state index contributed by atoms with van der Waals surface area (Å²) in [6.45, 7) is 1.82. The number of anilines is 1. The van der Waals surface area contributed by atoms with E-state index in [1.807, 2.05) is 19.1 Å². The number of non-ortho nitro benzene ring substituents is 1. The maximum Gasteiger partial charge on any atom is 0.269 e. The Kier molecular flexibility index (Phi) is 5.99. The molecule has 0 aromatic heterocycles. The second kappa shape index (κ2) is 8.79. The first-order chi connectivity index (χ1) is 13.9. The number of ketones is 1. The van der Waals surface area contributed by atoms with Gasteiger partial charge < -0.3 is 10.1 Å². The molecule has 0 aliphatic rings. The average molecular weight is 390 g/mol. The number of ether oxygens (including phenoxy) is 1. The number of hydrogen-bond acceptors (Lipinski definition) is 5. The summed E-state index contributed by atoms with van der Waals surface area (Å²) in [6, 6.07) is 19.2. The number of carbonyl (C=O) groups excluding carboxylic acids is 2. The van der Waals surface area contributed by atoms with Crippen LogP contribution in [0.15, 0.2) is 72.8 Å². The molecule has 0 spiro atoms. The zero-order chi connectivity index (χ0) is 20.8. The molecule has 1 amide bonds. The molecule has 0 radical (unpaired) electrons. The first kappa shape index (κ1) is 19.8. The summed E-state index contributed by atoms with van der Waals surface area (Å²) in [7, 11) is 0. The fraction of sp³-hybridized carbons (Fsp3) is 0.0909. The first-order valence-corrected chi connectivity index (χ1v) is 8.81. The molecule has 0 aliphatic heterocycles. The molecule has 29 heavy (non-hydrogen) atoms. The van der Waals surface area contributed by atoms with Crippen molar-refractivity contribution in [2.75, 3.05) is 11.9 Å². The summed E-state index contributed by atoms with van der Waals surface area (Å²) in [6.07, 6.45) is 0. The molecular weight excluding hydrogens is 372 g/mol. The molecule has 0 unspecified atom stereocenters. The minimum Gasteiger partial charge on any atom is -0.485 e. The minimum atomic E-state index is -0.527. The lowest BCUT2D eigenvalue weighted by Crippen LogP contribution is -2.13. The Morgan fingerprint density at radius 2 is 1.62 bits per heavy atom. The molecule has 0 saturated carbocycles. The summed E-state index contributed by atoms with van der Waals surface area (Å²) in [5.74, 6) is -0.120. The monoisotopic (exact) mass is 390 g/mol. The van der Waals surface area contributed by atoms with Crippen molar-refractivity contribution in [3.63, 3.8) is 0 Å². The molecule has 3 aromatic carbocycles. The molecule has 1 N–H and O–H groups in total. The van der Waals surface area contributed by atoms with E-state index in [0.717, 1.165) is 5.56 Å². The lowest BCUT2D eigenvalue weighted by atomic mass is 10.1. The smallest absolute Gasteiger partial charge is 0.269 e. The summed E-state index contributed by atoms with van der Waals surface area (Å²) in [5, 5.41) is 13.4. The molecule has 0 saturated heterocycles. The highest BCUT2D eigenvalue weighted by atomic mass is 16.6. The van der Waals surface area contributed by atoms with Gasteiger partial charge >= 0.3 is 0 Å². The lowest BCUT2D eigenvalue weighted by Gasteiger charge is -2.09. The van der Waals surface area contributed by atoms with Gasteiger partial charge in [-0.25, -0.2) is 0 Å². The van der Waals surface area contributed by atoms with Crippen LogP contribution >= 0.6 is 0 Å². The van der Waals surface area contributed by atoms with Crippen molar-refractivity contribution in [3.8, 4) is 5.75 Å².